The minimum atomic E-state index is -3.89. The Hall–Kier alpha value is -1.74. The van der Waals surface area contributed by atoms with Crippen molar-refractivity contribution in [1.29, 1.82) is 0 Å². The third-order valence-electron chi connectivity index (χ3n) is 2.04. The van der Waals surface area contributed by atoms with Crippen LogP contribution in [0.5, 0.6) is 0 Å². The van der Waals surface area contributed by atoms with Crippen molar-refractivity contribution in [2.75, 3.05) is 0 Å². The van der Waals surface area contributed by atoms with Gasteiger partial charge in [0.15, 0.2) is 12.2 Å². The molecule has 0 spiro atoms. The molecule has 16 heavy (non-hydrogen) atoms. The zero-order valence-electron chi connectivity index (χ0n) is 8.58. The smallest absolute Gasteiger partial charge is 0.273 e. The van der Waals surface area contributed by atoms with E-state index in [1.165, 1.54) is 18.0 Å². The Morgan fingerprint density at radius 3 is 2.56 bits per heavy atom. The quantitative estimate of drug-likeness (QED) is 0.754. The second-order valence-electron chi connectivity index (χ2n) is 3.18. The normalized spacial score (nSPS) is 11.9. The van der Waals surface area contributed by atoms with Crippen molar-refractivity contribution in [3.8, 4) is 11.6 Å². The summed E-state index contributed by atoms with van der Waals surface area (Å²) >= 11 is 0. The molecule has 0 radical (unpaired) electrons. The van der Waals surface area contributed by atoms with Gasteiger partial charge in [0, 0.05) is 7.05 Å². The van der Waals surface area contributed by atoms with E-state index in [1.807, 2.05) is 0 Å². The molecule has 0 aliphatic rings. The number of hydrogen-bond donors (Lipinski definition) is 1. The van der Waals surface area contributed by atoms with Gasteiger partial charge in [0.1, 0.15) is 0 Å². The van der Waals surface area contributed by atoms with Gasteiger partial charge >= 0.3 is 0 Å². The molecule has 8 nitrogen and oxygen atoms in total. The van der Waals surface area contributed by atoms with E-state index in [-0.39, 0.29) is 11.0 Å². The number of hydrogen-bond acceptors (Lipinski definition) is 6. The lowest BCUT2D eigenvalue weighted by atomic mass is 10.3. The minimum Gasteiger partial charge on any atom is -0.440 e. The number of sulfonamides is 1. The fraction of sp³-hybridized carbons (Fsp3) is 0.286. The van der Waals surface area contributed by atoms with Crippen molar-refractivity contribution in [1.82, 2.24) is 19.7 Å². The van der Waals surface area contributed by atoms with Crippen LogP contribution in [-0.2, 0) is 17.1 Å². The lowest BCUT2D eigenvalue weighted by Gasteiger charge is -1.99. The fourth-order valence-electron chi connectivity index (χ4n) is 1.28. The average molecular weight is 243 g/mol. The van der Waals surface area contributed by atoms with Crippen LogP contribution in [0, 0.1) is 6.92 Å². The molecule has 2 aromatic heterocycles. The largest absolute Gasteiger partial charge is 0.440 e. The molecule has 2 aromatic rings. The Balaban J connectivity index is 2.63. The first-order chi connectivity index (χ1) is 7.41. The summed E-state index contributed by atoms with van der Waals surface area (Å²) in [6.07, 6.45) is 1.25. The van der Waals surface area contributed by atoms with Gasteiger partial charge in [-0.1, -0.05) is 0 Å². The first-order valence-corrected chi connectivity index (χ1v) is 5.78. The zero-order valence-corrected chi connectivity index (χ0v) is 9.39. The maximum absolute atomic E-state index is 11.1. The maximum Gasteiger partial charge on any atom is 0.273 e. The lowest BCUT2D eigenvalue weighted by Crippen LogP contribution is -2.17. The number of aryl methyl sites for hydroxylation is 1. The van der Waals surface area contributed by atoms with Gasteiger partial charge in [0.2, 0.25) is 5.82 Å². The van der Waals surface area contributed by atoms with E-state index in [2.05, 4.69) is 15.2 Å². The Morgan fingerprint density at radius 1 is 1.44 bits per heavy atom. The van der Waals surface area contributed by atoms with Gasteiger partial charge in [-0.3, -0.25) is 4.57 Å². The number of rotatable bonds is 2. The number of nitrogens with zero attached hydrogens (tertiary/aromatic N) is 4. The molecule has 2 rings (SSSR count). The van der Waals surface area contributed by atoms with E-state index in [9.17, 15) is 8.42 Å². The Morgan fingerprint density at radius 2 is 2.12 bits per heavy atom. The first-order valence-electron chi connectivity index (χ1n) is 4.24. The van der Waals surface area contributed by atoms with Gasteiger partial charge in [-0.25, -0.2) is 18.5 Å². The highest BCUT2D eigenvalue weighted by Crippen LogP contribution is 2.21. The van der Waals surface area contributed by atoms with E-state index in [4.69, 9.17) is 9.56 Å². The molecule has 2 heterocycles. The van der Waals surface area contributed by atoms with E-state index in [0.717, 1.165) is 0 Å². The minimum absolute atomic E-state index is 0.263. The third kappa shape index (κ3) is 1.59. The number of nitrogens with two attached hydrogens (primary N) is 1. The molecular weight excluding hydrogens is 234 g/mol. The summed E-state index contributed by atoms with van der Waals surface area (Å²) in [6.45, 7) is 1.71. The summed E-state index contributed by atoms with van der Waals surface area (Å²) in [4.78, 5) is 3.88. The Kier molecular flexibility index (Phi) is 2.28. The molecular formula is C7H9N5O3S. The number of aromatic nitrogens is 4. The highest BCUT2D eigenvalue weighted by atomic mass is 32.2. The molecule has 0 aromatic carbocycles. The van der Waals surface area contributed by atoms with Crippen LogP contribution >= 0.6 is 0 Å². The highest BCUT2D eigenvalue weighted by Gasteiger charge is 2.22. The van der Waals surface area contributed by atoms with Crippen LogP contribution < -0.4 is 5.14 Å². The van der Waals surface area contributed by atoms with Crippen LogP contribution in [0.2, 0.25) is 0 Å². The molecule has 86 valence electrons. The third-order valence-corrected chi connectivity index (χ3v) is 2.90. The van der Waals surface area contributed by atoms with E-state index in [0.29, 0.717) is 11.5 Å². The van der Waals surface area contributed by atoms with Crippen molar-refractivity contribution in [2.45, 2.75) is 12.1 Å². The summed E-state index contributed by atoms with van der Waals surface area (Å²) < 4.78 is 28.6. The van der Waals surface area contributed by atoms with Crippen LogP contribution in [-0.4, -0.2) is 28.2 Å². The van der Waals surface area contributed by atoms with Crippen molar-refractivity contribution < 1.29 is 12.8 Å². The first kappa shape index (κ1) is 10.8. The summed E-state index contributed by atoms with van der Waals surface area (Å²) in [6, 6.07) is 0. The molecule has 9 heteroatoms. The molecule has 0 fully saturated rings. The molecule has 0 saturated heterocycles. The maximum atomic E-state index is 11.1. The van der Waals surface area contributed by atoms with Crippen molar-refractivity contribution >= 4 is 10.0 Å². The number of oxazole rings is 1. The Bertz CT molecular complexity index is 626. The van der Waals surface area contributed by atoms with E-state index >= 15 is 0 Å². The topological polar surface area (TPSA) is 117 Å². The Labute approximate surface area is 91.2 Å². The van der Waals surface area contributed by atoms with Gasteiger partial charge in [0.05, 0.1) is 5.69 Å². The van der Waals surface area contributed by atoms with Crippen molar-refractivity contribution in [3.05, 3.63) is 12.1 Å². The standard InChI is InChI=1S/C7H9N5O3S/c1-4-5(15-3-9-4)6-10-11-7(12(6)2)16(8,13)14/h3H,1-2H3,(H2,8,13,14). The van der Waals surface area contributed by atoms with Gasteiger partial charge in [-0.2, -0.15) is 0 Å². The van der Waals surface area contributed by atoms with Crippen LogP contribution in [0.15, 0.2) is 16.0 Å². The number of primary sulfonamides is 1. The molecule has 0 unspecified atom stereocenters. The molecule has 0 saturated carbocycles. The average Bonchev–Trinajstić information content (AvgIpc) is 2.70. The highest BCUT2D eigenvalue weighted by molar-refractivity contribution is 7.89. The molecule has 2 N–H and O–H groups in total. The monoisotopic (exact) mass is 243 g/mol. The van der Waals surface area contributed by atoms with Crippen LogP contribution in [0.25, 0.3) is 11.6 Å². The van der Waals surface area contributed by atoms with E-state index < -0.39 is 10.0 Å². The van der Waals surface area contributed by atoms with Crippen molar-refractivity contribution in [3.63, 3.8) is 0 Å². The molecule has 0 aliphatic carbocycles. The molecule has 0 amide bonds. The van der Waals surface area contributed by atoms with Gasteiger partial charge < -0.3 is 4.42 Å². The fourth-order valence-corrected chi connectivity index (χ4v) is 1.90. The SMILES string of the molecule is Cc1ncoc1-c1nnc(S(N)(=O)=O)n1C. The second kappa shape index (κ2) is 3.39. The predicted octanol–water partition coefficient (Wildman–Crippen LogP) is -0.574. The van der Waals surface area contributed by atoms with Crippen LogP contribution in [0.3, 0.4) is 0 Å². The van der Waals surface area contributed by atoms with Gasteiger partial charge in [-0.15, -0.1) is 10.2 Å². The van der Waals surface area contributed by atoms with Gasteiger partial charge in [-0.05, 0) is 6.92 Å². The summed E-state index contributed by atoms with van der Waals surface area (Å²) in [5, 5.41) is 11.8. The van der Waals surface area contributed by atoms with Crippen LogP contribution in [0.4, 0.5) is 0 Å². The molecule has 0 aliphatic heterocycles. The summed E-state index contributed by atoms with van der Waals surface area (Å²) in [5.41, 5.74) is 0.594. The molecule has 0 atom stereocenters. The van der Waals surface area contributed by atoms with Crippen LogP contribution in [0.1, 0.15) is 5.69 Å². The summed E-state index contributed by atoms with van der Waals surface area (Å²) in [5.74, 6) is 0.629. The van der Waals surface area contributed by atoms with Gasteiger partial charge in [0.25, 0.3) is 15.2 Å². The second-order valence-corrected chi connectivity index (χ2v) is 4.63. The summed E-state index contributed by atoms with van der Waals surface area (Å²) in [7, 11) is -2.41. The zero-order chi connectivity index (χ0) is 11.9. The molecule has 0 bridgehead atoms. The predicted molar refractivity (Wildman–Crippen MR) is 52.6 cm³/mol. The van der Waals surface area contributed by atoms with E-state index in [1.54, 1.807) is 6.92 Å². The lowest BCUT2D eigenvalue weighted by molar-refractivity contribution is 0.560. The van der Waals surface area contributed by atoms with Crippen molar-refractivity contribution in [2.24, 2.45) is 12.2 Å².